The van der Waals surface area contributed by atoms with Gasteiger partial charge in [-0.1, -0.05) is 11.6 Å². The first kappa shape index (κ1) is 17.2. The molecule has 1 unspecified atom stereocenters. The lowest BCUT2D eigenvalue weighted by atomic mass is 9.97. The topological polar surface area (TPSA) is 88.2 Å². The fourth-order valence-corrected chi connectivity index (χ4v) is 1.97. The molecule has 0 spiro atoms. The number of hydrogen-bond acceptors (Lipinski definition) is 5. The van der Waals surface area contributed by atoms with E-state index in [0.29, 0.717) is 12.4 Å². The molecule has 0 amide bonds. The number of ether oxygens (including phenoxy) is 1. The molecule has 0 heterocycles. The van der Waals surface area contributed by atoms with E-state index in [0.717, 1.165) is 19.3 Å². The van der Waals surface area contributed by atoms with E-state index in [-0.39, 0.29) is 10.7 Å². The van der Waals surface area contributed by atoms with Gasteiger partial charge in [0.2, 0.25) is 0 Å². The zero-order valence-electron chi connectivity index (χ0n) is 12.1. The average molecular weight is 312 g/mol. The second-order valence-electron chi connectivity index (χ2n) is 4.87. The molecule has 0 aliphatic rings. The van der Waals surface area contributed by atoms with Gasteiger partial charge in [0.15, 0.2) is 0 Å². The number of nitriles is 1. The fourth-order valence-electron chi connectivity index (χ4n) is 1.73. The van der Waals surface area contributed by atoms with Gasteiger partial charge in [-0.2, -0.15) is 5.26 Å². The number of hydrogen-bond donors (Lipinski definition) is 1. The van der Waals surface area contributed by atoms with Gasteiger partial charge in [-0.3, -0.25) is 10.1 Å². The van der Waals surface area contributed by atoms with E-state index in [2.05, 4.69) is 11.4 Å². The van der Waals surface area contributed by atoms with Gasteiger partial charge >= 0.3 is 0 Å². The van der Waals surface area contributed by atoms with E-state index < -0.39 is 10.5 Å². The lowest BCUT2D eigenvalue weighted by Gasteiger charge is -2.20. The van der Waals surface area contributed by atoms with Gasteiger partial charge < -0.3 is 10.1 Å². The van der Waals surface area contributed by atoms with Crippen LogP contribution in [0.15, 0.2) is 18.2 Å². The van der Waals surface area contributed by atoms with Crippen molar-refractivity contribution in [3.63, 3.8) is 0 Å². The normalized spacial score (nSPS) is 13.2. The van der Waals surface area contributed by atoms with E-state index >= 15 is 0 Å². The molecular formula is C14H18ClN3O3. The molecule has 1 N–H and O–H groups in total. The molecular weight excluding hydrogens is 294 g/mol. The Morgan fingerprint density at radius 2 is 2.24 bits per heavy atom. The number of halogens is 1. The van der Waals surface area contributed by atoms with Crippen molar-refractivity contribution < 1.29 is 9.66 Å². The molecule has 0 aliphatic carbocycles. The standard InChI is InChI=1S/C14H18ClN3O3/c1-14(10-16,17-2)7-3-4-8-21-11-5-6-13(18(19)20)12(15)9-11/h5-6,9,17H,3-4,7-8H2,1-2H3. The Labute approximate surface area is 128 Å². The summed E-state index contributed by atoms with van der Waals surface area (Å²) in [6.45, 7) is 2.32. The van der Waals surface area contributed by atoms with Crippen molar-refractivity contribution in [2.24, 2.45) is 0 Å². The van der Waals surface area contributed by atoms with Gasteiger partial charge in [0.05, 0.1) is 17.6 Å². The van der Waals surface area contributed by atoms with Crippen LogP contribution < -0.4 is 10.1 Å². The predicted molar refractivity (Wildman–Crippen MR) is 80.5 cm³/mol. The van der Waals surface area contributed by atoms with Gasteiger partial charge in [-0.15, -0.1) is 0 Å². The lowest BCUT2D eigenvalue weighted by molar-refractivity contribution is -0.384. The van der Waals surface area contributed by atoms with Crippen LogP contribution in [0.1, 0.15) is 26.2 Å². The number of unbranched alkanes of at least 4 members (excludes halogenated alkanes) is 1. The molecule has 0 bridgehead atoms. The molecule has 0 fully saturated rings. The predicted octanol–water partition coefficient (Wildman–Crippen LogP) is 3.30. The maximum atomic E-state index is 10.6. The Morgan fingerprint density at radius 3 is 2.76 bits per heavy atom. The van der Waals surface area contributed by atoms with Crippen molar-refractivity contribution in [3.8, 4) is 11.8 Å². The van der Waals surface area contributed by atoms with Gasteiger partial charge in [0, 0.05) is 12.1 Å². The smallest absolute Gasteiger partial charge is 0.288 e. The molecule has 114 valence electrons. The highest BCUT2D eigenvalue weighted by atomic mass is 35.5. The van der Waals surface area contributed by atoms with Crippen LogP contribution in [-0.4, -0.2) is 24.1 Å². The van der Waals surface area contributed by atoms with Crippen LogP contribution in [0.5, 0.6) is 5.75 Å². The number of nitrogens with zero attached hydrogens (tertiary/aromatic N) is 2. The third-order valence-corrected chi connectivity index (χ3v) is 3.56. The average Bonchev–Trinajstić information content (AvgIpc) is 2.46. The van der Waals surface area contributed by atoms with Gasteiger partial charge in [-0.05, 0) is 39.3 Å². The van der Waals surface area contributed by atoms with Crippen molar-refractivity contribution in [3.05, 3.63) is 33.3 Å². The summed E-state index contributed by atoms with van der Waals surface area (Å²) >= 11 is 5.80. The summed E-state index contributed by atoms with van der Waals surface area (Å²) < 4.78 is 5.49. The van der Waals surface area contributed by atoms with Crippen LogP contribution in [0.2, 0.25) is 5.02 Å². The second kappa shape index (κ2) is 7.81. The molecule has 0 radical (unpaired) electrons. The maximum Gasteiger partial charge on any atom is 0.288 e. The summed E-state index contributed by atoms with van der Waals surface area (Å²) in [4.78, 5) is 10.1. The minimum Gasteiger partial charge on any atom is -0.494 e. The highest BCUT2D eigenvalue weighted by molar-refractivity contribution is 6.32. The molecule has 21 heavy (non-hydrogen) atoms. The van der Waals surface area contributed by atoms with Gasteiger partial charge in [0.25, 0.3) is 5.69 Å². The first-order valence-electron chi connectivity index (χ1n) is 6.59. The Balaban J connectivity index is 2.39. The van der Waals surface area contributed by atoms with Crippen molar-refractivity contribution in [1.82, 2.24) is 5.32 Å². The Morgan fingerprint density at radius 1 is 1.52 bits per heavy atom. The minimum atomic E-state index is -0.535. The van der Waals surface area contributed by atoms with Gasteiger partial charge in [-0.25, -0.2) is 0 Å². The number of benzene rings is 1. The van der Waals surface area contributed by atoms with Crippen molar-refractivity contribution >= 4 is 17.3 Å². The van der Waals surface area contributed by atoms with Crippen LogP contribution in [0.4, 0.5) is 5.69 Å². The van der Waals surface area contributed by atoms with Crippen LogP contribution in [0.3, 0.4) is 0 Å². The molecule has 1 atom stereocenters. The number of nitrogens with one attached hydrogen (secondary N) is 1. The zero-order valence-corrected chi connectivity index (χ0v) is 12.8. The number of rotatable bonds is 8. The molecule has 0 saturated heterocycles. The van der Waals surface area contributed by atoms with E-state index in [1.54, 1.807) is 7.05 Å². The largest absolute Gasteiger partial charge is 0.494 e. The molecule has 6 nitrogen and oxygen atoms in total. The molecule has 0 aliphatic heterocycles. The molecule has 0 aromatic heterocycles. The summed E-state index contributed by atoms with van der Waals surface area (Å²) in [6, 6.07) is 6.51. The first-order chi connectivity index (χ1) is 9.91. The van der Waals surface area contributed by atoms with E-state index in [4.69, 9.17) is 21.6 Å². The van der Waals surface area contributed by atoms with Crippen LogP contribution in [-0.2, 0) is 0 Å². The third kappa shape index (κ3) is 5.21. The van der Waals surface area contributed by atoms with E-state index in [1.165, 1.54) is 18.2 Å². The zero-order chi connectivity index (χ0) is 15.9. The molecule has 1 aromatic carbocycles. The Hall–Kier alpha value is -1.84. The molecule has 0 saturated carbocycles. The summed E-state index contributed by atoms with van der Waals surface area (Å²) in [5.41, 5.74) is -0.653. The van der Waals surface area contributed by atoms with E-state index in [1.807, 2.05) is 6.92 Å². The third-order valence-electron chi connectivity index (χ3n) is 3.25. The highest BCUT2D eigenvalue weighted by Gasteiger charge is 2.19. The SMILES string of the molecule is CNC(C)(C#N)CCCCOc1ccc([N+](=O)[O-])c(Cl)c1. The quantitative estimate of drug-likeness (QED) is 0.452. The Kier molecular flexibility index (Phi) is 6.40. The number of nitro groups is 1. The maximum absolute atomic E-state index is 10.6. The van der Waals surface area contributed by atoms with Crippen LogP contribution in [0, 0.1) is 21.4 Å². The first-order valence-corrected chi connectivity index (χ1v) is 6.96. The second-order valence-corrected chi connectivity index (χ2v) is 5.28. The van der Waals surface area contributed by atoms with Crippen LogP contribution in [0.25, 0.3) is 0 Å². The van der Waals surface area contributed by atoms with Crippen molar-refractivity contribution in [2.75, 3.05) is 13.7 Å². The van der Waals surface area contributed by atoms with Gasteiger partial charge in [0.1, 0.15) is 16.3 Å². The summed E-state index contributed by atoms with van der Waals surface area (Å²) in [5, 5.41) is 22.7. The van der Waals surface area contributed by atoms with Crippen molar-refractivity contribution in [2.45, 2.75) is 31.7 Å². The summed E-state index contributed by atoms with van der Waals surface area (Å²) in [7, 11) is 1.76. The lowest BCUT2D eigenvalue weighted by Crippen LogP contribution is -2.37. The highest BCUT2D eigenvalue weighted by Crippen LogP contribution is 2.28. The minimum absolute atomic E-state index is 0.0599. The summed E-state index contributed by atoms with van der Waals surface area (Å²) in [6.07, 6.45) is 2.35. The monoisotopic (exact) mass is 311 g/mol. The molecule has 1 rings (SSSR count). The molecule has 1 aromatic rings. The summed E-state index contributed by atoms with van der Waals surface area (Å²) in [5.74, 6) is 0.502. The Bertz CT molecular complexity index is 545. The van der Waals surface area contributed by atoms with E-state index in [9.17, 15) is 10.1 Å². The number of nitro benzene ring substituents is 1. The molecule has 7 heteroatoms. The van der Waals surface area contributed by atoms with Crippen molar-refractivity contribution in [1.29, 1.82) is 5.26 Å². The van der Waals surface area contributed by atoms with Crippen LogP contribution >= 0.6 is 11.6 Å². The fraction of sp³-hybridized carbons (Fsp3) is 0.500.